The minimum atomic E-state index is -0.137. The highest BCUT2D eigenvalue weighted by molar-refractivity contribution is 6.30. The zero-order valence-corrected chi connectivity index (χ0v) is 13.2. The Morgan fingerprint density at radius 1 is 1.17 bits per heavy atom. The van der Waals surface area contributed by atoms with Crippen LogP contribution in [-0.4, -0.2) is 25.4 Å². The van der Waals surface area contributed by atoms with Crippen LogP contribution in [0.3, 0.4) is 0 Å². The van der Waals surface area contributed by atoms with Gasteiger partial charge in [-0.05, 0) is 24.6 Å². The van der Waals surface area contributed by atoms with Crippen LogP contribution in [0.5, 0.6) is 0 Å². The first-order valence-corrected chi connectivity index (χ1v) is 7.36. The number of rotatable bonds is 4. The molecule has 0 fully saturated rings. The third kappa shape index (κ3) is 3.73. The fourth-order valence-electron chi connectivity index (χ4n) is 2.09. The smallest absolute Gasteiger partial charge is 0.235 e. The Hall–Kier alpha value is -2.73. The number of anilines is 1. The summed E-state index contributed by atoms with van der Waals surface area (Å²) in [5.74, 6) is 1.17. The van der Waals surface area contributed by atoms with Crippen LogP contribution in [0, 0.1) is 6.92 Å². The molecule has 7 heteroatoms. The highest BCUT2D eigenvalue weighted by Crippen LogP contribution is 2.12. The van der Waals surface area contributed by atoms with E-state index in [4.69, 9.17) is 11.6 Å². The number of carbonyl (C=O) groups excluding carboxylic acids is 1. The quantitative estimate of drug-likeness (QED) is 0.799. The van der Waals surface area contributed by atoms with Gasteiger partial charge >= 0.3 is 0 Å². The van der Waals surface area contributed by atoms with E-state index in [0.29, 0.717) is 16.7 Å². The second kappa shape index (κ2) is 6.58. The van der Waals surface area contributed by atoms with Gasteiger partial charge in [-0.2, -0.15) is 0 Å². The zero-order valence-electron chi connectivity index (χ0n) is 12.4. The summed E-state index contributed by atoms with van der Waals surface area (Å²) in [6, 6.07) is 7.16. The number of nitrogens with zero attached hydrogens (tertiary/aromatic N) is 4. The number of hydrogen-bond donors (Lipinski definition) is 1. The molecule has 0 atom stereocenters. The monoisotopic (exact) mass is 327 g/mol. The maximum absolute atomic E-state index is 12.0. The Balaban J connectivity index is 1.65. The number of aryl methyl sites for hydroxylation is 1. The van der Waals surface area contributed by atoms with Crippen molar-refractivity contribution in [1.82, 2.24) is 19.5 Å². The highest BCUT2D eigenvalue weighted by atomic mass is 35.5. The average molecular weight is 328 g/mol. The van der Waals surface area contributed by atoms with Crippen molar-refractivity contribution in [2.75, 3.05) is 5.32 Å². The molecule has 23 heavy (non-hydrogen) atoms. The fourth-order valence-corrected chi connectivity index (χ4v) is 2.22. The Labute approximate surface area is 138 Å². The lowest BCUT2D eigenvalue weighted by Gasteiger charge is -2.06. The van der Waals surface area contributed by atoms with Crippen LogP contribution in [0.25, 0.3) is 5.95 Å². The molecule has 0 radical (unpaired) electrons. The topological polar surface area (TPSA) is 72.7 Å². The molecule has 0 saturated carbocycles. The molecule has 1 amide bonds. The van der Waals surface area contributed by atoms with E-state index in [1.165, 1.54) is 0 Å². The molecule has 0 unspecified atom stereocenters. The molecule has 2 aromatic heterocycles. The largest absolute Gasteiger partial charge is 0.323 e. The molecule has 3 aromatic rings. The molecule has 0 aliphatic carbocycles. The summed E-state index contributed by atoms with van der Waals surface area (Å²) in [5, 5.41) is 3.42. The number of benzene rings is 1. The molecular formula is C16H14ClN5O. The Kier molecular flexibility index (Phi) is 4.34. The van der Waals surface area contributed by atoms with E-state index in [9.17, 15) is 4.79 Å². The summed E-state index contributed by atoms with van der Waals surface area (Å²) in [6.07, 6.45) is 6.87. The predicted molar refractivity (Wildman–Crippen MR) is 87.7 cm³/mol. The molecule has 3 rings (SSSR count). The van der Waals surface area contributed by atoms with E-state index in [1.54, 1.807) is 41.5 Å². The molecule has 1 N–H and O–H groups in total. The van der Waals surface area contributed by atoms with Gasteiger partial charge in [0.25, 0.3) is 0 Å². The number of nitrogens with one attached hydrogen (secondary N) is 1. The molecule has 0 bridgehead atoms. The van der Waals surface area contributed by atoms with Crippen molar-refractivity contribution in [2.24, 2.45) is 0 Å². The van der Waals surface area contributed by atoms with Crippen molar-refractivity contribution in [3.63, 3.8) is 0 Å². The number of aromatic nitrogens is 4. The van der Waals surface area contributed by atoms with Crippen LogP contribution in [0.2, 0.25) is 5.02 Å². The molecule has 2 heterocycles. The van der Waals surface area contributed by atoms with Crippen molar-refractivity contribution in [2.45, 2.75) is 13.3 Å². The number of halogens is 1. The Morgan fingerprint density at radius 3 is 2.48 bits per heavy atom. The lowest BCUT2D eigenvalue weighted by atomic mass is 10.1. The van der Waals surface area contributed by atoms with Crippen LogP contribution >= 0.6 is 11.6 Å². The van der Waals surface area contributed by atoms with Crippen LogP contribution in [0.15, 0.2) is 49.1 Å². The zero-order chi connectivity index (χ0) is 16.2. The first kappa shape index (κ1) is 15.2. The lowest BCUT2D eigenvalue weighted by Crippen LogP contribution is -2.15. The van der Waals surface area contributed by atoms with Gasteiger partial charge in [-0.3, -0.25) is 9.36 Å². The average Bonchev–Trinajstić information content (AvgIpc) is 2.96. The normalized spacial score (nSPS) is 10.5. The standard InChI is InChI=1S/C16H14ClN5O/c1-11-18-6-7-22(11)16-19-9-14(10-20-16)21-15(23)8-12-2-4-13(17)5-3-12/h2-7,9-10H,8H2,1H3,(H,21,23). The minimum absolute atomic E-state index is 0.137. The summed E-state index contributed by atoms with van der Waals surface area (Å²) in [5.41, 5.74) is 1.43. The van der Waals surface area contributed by atoms with Gasteiger partial charge in [0.2, 0.25) is 11.9 Å². The maximum atomic E-state index is 12.0. The maximum Gasteiger partial charge on any atom is 0.235 e. The summed E-state index contributed by atoms with van der Waals surface area (Å²) >= 11 is 5.82. The fraction of sp³-hybridized carbons (Fsp3) is 0.125. The molecule has 0 aliphatic rings. The molecule has 1 aromatic carbocycles. The molecule has 6 nitrogen and oxygen atoms in total. The van der Waals surface area contributed by atoms with E-state index < -0.39 is 0 Å². The van der Waals surface area contributed by atoms with Gasteiger partial charge in [0, 0.05) is 17.4 Å². The first-order valence-electron chi connectivity index (χ1n) is 6.98. The second-order valence-corrected chi connectivity index (χ2v) is 5.40. The highest BCUT2D eigenvalue weighted by Gasteiger charge is 2.07. The molecular weight excluding hydrogens is 314 g/mol. The van der Waals surface area contributed by atoms with E-state index >= 15 is 0 Å². The summed E-state index contributed by atoms with van der Waals surface area (Å²) < 4.78 is 1.76. The van der Waals surface area contributed by atoms with Gasteiger partial charge in [0.05, 0.1) is 24.5 Å². The summed E-state index contributed by atoms with van der Waals surface area (Å²) in [7, 11) is 0. The van der Waals surface area contributed by atoms with Gasteiger partial charge in [0.1, 0.15) is 5.82 Å². The van der Waals surface area contributed by atoms with E-state index in [1.807, 2.05) is 19.1 Å². The van der Waals surface area contributed by atoms with Crippen molar-refractivity contribution >= 4 is 23.2 Å². The number of amides is 1. The lowest BCUT2D eigenvalue weighted by molar-refractivity contribution is -0.115. The predicted octanol–water partition coefficient (Wildman–Crippen LogP) is 2.81. The van der Waals surface area contributed by atoms with Gasteiger partial charge in [-0.15, -0.1) is 0 Å². The number of hydrogen-bond acceptors (Lipinski definition) is 4. The van der Waals surface area contributed by atoms with Crippen LogP contribution in [0.1, 0.15) is 11.4 Å². The van der Waals surface area contributed by atoms with Gasteiger partial charge in [-0.25, -0.2) is 15.0 Å². The van der Waals surface area contributed by atoms with Crippen LogP contribution in [0.4, 0.5) is 5.69 Å². The van der Waals surface area contributed by atoms with Crippen LogP contribution < -0.4 is 5.32 Å². The van der Waals surface area contributed by atoms with Crippen LogP contribution in [-0.2, 0) is 11.2 Å². The van der Waals surface area contributed by atoms with E-state index in [2.05, 4.69) is 20.3 Å². The third-order valence-corrected chi connectivity index (χ3v) is 3.49. The Bertz CT molecular complexity index is 811. The van der Waals surface area contributed by atoms with Crippen molar-refractivity contribution in [1.29, 1.82) is 0 Å². The molecule has 0 saturated heterocycles. The number of carbonyl (C=O) groups is 1. The Morgan fingerprint density at radius 2 is 1.87 bits per heavy atom. The summed E-state index contributed by atoms with van der Waals surface area (Å²) in [4.78, 5) is 24.6. The third-order valence-electron chi connectivity index (χ3n) is 3.24. The van der Waals surface area contributed by atoms with Gasteiger partial charge in [0.15, 0.2) is 0 Å². The number of imidazole rings is 1. The van der Waals surface area contributed by atoms with E-state index in [-0.39, 0.29) is 12.3 Å². The second-order valence-electron chi connectivity index (χ2n) is 4.97. The SMILES string of the molecule is Cc1nccn1-c1ncc(NC(=O)Cc2ccc(Cl)cc2)cn1. The summed E-state index contributed by atoms with van der Waals surface area (Å²) in [6.45, 7) is 1.87. The molecule has 0 aliphatic heterocycles. The van der Waals surface area contributed by atoms with Gasteiger partial charge < -0.3 is 5.32 Å². The minimum Gasteiger partial charge on any atom is -0.323 e. The van der Waals surface area contributed by atoms with Gasteiger partial charge in [-0.1, -0.05) is 23.7 Å². The van der Waals surface area contributed by atoms with Crippen molar-refractivity contribution in [3.8, 4) is 5.95 Å². The van der Waals surface area contributed by atoms with Crippen molar-refractivity contribution < 1.29 is 4.79 Å². The molecule has 0 spiro atoms. The van der Waals surface area contributed by atoms with E-state index in [0.717, 1.165) is 11.4 Å². The first-order chi connectivity index (χ1) is 11.1. The molecule has 116 valence electrons. The van der Waals surface area contributed by atoms with Crippen molar-refractivity contribution in [3.05, 3.63) is 65.5 Å².